The molecule has 0 radical (unpaired) electrons. The molecule has 0 aromatic carbocycles. The normalized spacial score (nSPS) is 29.7. The number of carbonyl (C=O) groups is 1. The first-order valence-corrected chi connectivity index (χ1v) is 9.21. The summed E-state index contributed by atoms with van der Waals surface area (Å²) in [6, 6.07) is -0.0715. The molecule has 1 aliphatic heterocycles. The molecule has 21 heavy (non-hydrogen) atoms. The number of hydrogen-bond donors (Lipinski definition) is 1. The number of aliphatic carboxylic acids is 1. The number of piperidine rings is 1. The van der Waals surface area contributed by atoms with Crippen molar-refractivity contribution in [3.63, 3.8) is 0 Å². The fraction of sp³-hybridized carbons (Fsp3) is 0.929. The minimum Gasteiger partial charge on any atom is -0.481 e. The van der Waals surface area contributed by atoms with E-state index >= 15 is 0 Å². The van der Waals surface area contributed by atoms with Gasteiger partial charge in [-0.2, -0.15) is 17.0 Å². The first-order chi connectivity index (χ1) is 9.84. The van der Waals surface area contributed by atoms with Crippen LogP contribution in [0.5, 0.6) is 0 Å². The van der Waals surface area contributed by atoms with Gasteiger partial charge in [0.25, 0.3) is 10.2 Å². The summed E-state index contributed by atoms with van der Waals surface area (Å²) in [7, 11) is -1.93. The summed E-state index contributed by atoms with van der Waals surface area (Å²) in [4.78, 5) is 11.2. The summed E-state index contributed by atoms with van der Waals surface area (Å²) >= 11 is 0. The largest absolute Gasteiger partial charge is 0.481 e. The SMILES string of the molecule is CC1CCC(C(=O)O)CN1S(=O)(=O)N(C)C1CCCCC1. The van der Waals surface area contributed by atoms with E-state index in [2.05, 4.69) is 0 Å². The maximum absolute atomic E-state index is 12.8. The second kappa shape index (κ2) is 6.62. The van der Waals surface area contributed by atoms with Gasteiger partial charge in [-0.05, 0) is 32.6 Å². The van der Waals surface area contributed by atoms with Crippen molar-refractivity contribution < 1.29 is 18.3 Å². The Bertz CT molecular complexity index is 473. The van der Waals surface area contributed by atoms with Crippen molar-refractivity contribution in [3.8, 4) is 0 Å². The van der Waals surface area contributed by atoms with Crippen molar-refractivity contribution in [1.82, 2.24) is 8.61 Å². The monoisotopic (exact) mass is 318 g/mol. The second-order valence-electron chi connectivity index (χ2n) is 6.35. The maximum Gasteiger partial charge on any atom is 0.307 e. The van der Waals surface area contributed by atoms with Gasteiger partial charge < -0.3 is 5.11 Å². The molecule has 1 aliphatic carbocycles. The van der Waals surface area contributed by atoms with Gasteiger partial charge >= 0.3 is 5.97 Å². The van der Waals surface area contributed by atoms with Crippen LogP contribution in [-0.2, 0) is 15.0 Å². The van der Waals surface area contributed by atoms with Crippen LogP contribution >= 0.6 is 0 Å². The quantitative estimate of drug-likeness (QED) is 0.855. The van der Waals surface area contributed by atoms with E-state index in [0.717, 1.165) is 25.7 Å². The molecule has 1 heterocycles. The summed E-state index contributed by atoms with van der Waals surface area (Å²) in [5, 5.41) is 9.16. The molecule has 122 valence electrons. The minimum absolute atomic E-state index is 0.0566. The van der Waals surface area contributed by atoms with Crippen molar-refractivity contribution in [2.45, 2.75) is 64.0 Å². The molecule has 2 rings (SSSR count). The van der Waals surface area contributed by atoms with Crippen molar-refractivity contribution in [2.24, 2.45) is 5.92 Å². The minimum atomic E-state index is -3.57. The predicted molar refractivity (Wildman–Crippen MR) is 80.1 cm³/mol. The van der Waals surface area contributed by atoms with Gasteiger partial charge in [0.1, 0.15) is 0 Å². The van der Waals surface area contributed by atoms with Crippen LogP contribution in [0.1, 0.15) is 51.9 Å². The van der Waals surface area contributed by atoms with E-state index < -0.39 is 22.1 Å². The fourth-order valence-electron chi connectivity index (χ4n) is 3.40. The Balaban J connectivity index is 2.14. The smallest absolute Gasteiger partial charge is 0.307 e. The van der Waals surface area contributed by atoms with Gasteiger partial charge in [0.2, 0.25) is 0 Å². The Morgan fingerprint density at radius 3 is 2.33 bits per heavy atom. The molecule has 0 aromatic heterocycles. The molecule has 1 N–H and O–H groups in total. The third kappa shape index (κ3) is 3.57. The summed E-state index contributed by atoms with van der Waals surface area (Å²) < 4.78 is 28.5. The van der Waals surface area contributed by atoms with Crippen LogP contribution < -0.4 is 0 Å². The van der Waals surface area contributed by atoms with Crippen molar-refractivity contribution in [2.75, 3.05) is 13.6 Å². The highest BCUT2D eigenvalue weighted by molar-refractivity contribution is 7.86. The highest BCUT2D eigenvalue weighted by Crippen LogP contribution is 2.29. The Hall–Kier alpha value is -0.660. The average molecular weight is 318 g/mol. The molecule has 2 unspecified atom stereocenters. The van der Waals surface area contributed by atoms with Crippen LogP contribution in [0.4, 0.5) is 0 Å². The molecule has 1 saturated carbocycles. The van der Waals surface area contributed by atoms with Crippen molar-refractivity contribution in [1.29, 1.82) is 0 Å². The third-order valence-corrected chi connectivity index (χ3v) is 7.05. The number of carboxylic acids is 1. The van der Waals surface area contributed by atoms with Gasteiger partial charge in [-0.1, -0.05) is 19.3 Å². The van der Waals surface area contributed by atoms with Crippen LogP contribution in [0.3, 0.4) is 0 Å². The number of rotatable bonds is 4. The van der Waals surface area contributed by atoms with E-state index in [1.54, 1.807) is 7.05 Å². The molecular formula is C14H26N2O4S. The zero-order chi connectivity index (χ0) is 15.6. The first kappa shape index (κ1) is 16.7. The molecule has 1 saturated heterocycles. The van der Waals surface area contributed by atoms with E-state index in [4.69, 9.17) is 5.11 Å². The van der Waals surface area contributed by atoms with Crippen LogP contribution in [0.25, 0.3) is 0 Å². The lowest BCUT2D eigenvalue weighted by molar-refractivity contribution is -0.143. The molecule has 2 aliphatic rings. The Morgan fingerprint density at radius 1 is 1.14 bits per heavy atom. The lowest BCUT2D eigenvalue weighted by Gasteiger charge is -2.40. The molecule has 2 atom stereocenters. The summed E-state index contributed by atoms with van der Waals surface area (Å²) in [6.07, 6.45) is 6.27. The van der Waals surface area contributed by atoms with Gasteiger partial charge in [0.05, 0.1) is 5.92 Å². The average Bonchev–Trinajstić information content (AvgIpc) is 2.47. The lowest BCUT2D eigenvalue weighted by atomic mass is 9.96. The van der Waals surface area contributed by atoms with Gasteiger partial charge in [-0.15, -0.1) is 0 Å². The Morgan fingerprint density at radius 2 is 1.76 bits per heavy atom. The lowest BCUT2D eigenvalue weighted by Crippen LogP contribution is -2.54. The molecule has 7 heteroatoms. The van der Waals surface area contributed by atoms with Gasteiger partial charge in [0.15, 0.2) is 0 Å². The molecule has 0 aromatic rings. The summed E-state index contributed by atoms with van der Waals surface area (Å²) in [5.41, 5.74) is 0. The maximum atomic E-state index is 12.8. The van der Waals surface area contributed by atoms with Crippen LogP contribution in [0.2, 0.25) is 0 Å². The van der Waals surface area contributed by atoms with Gasteiger partial charge in [0, 0.05) is 25.7 Å². The highest BCUT2D eigenvalue weighted by Gasteiger charge is 2.40. The molecule has 0 amide bonds. The van der Waals surface area contributed by atoms with E-state index in [1.165, 1.54) is 15.0 Å². The zero-order valence-corrected chi connectivity index (χ0v) is 13.7. The second-order valence-corrected chi connectivity index (χ2v) is 8.29. The highest BCUT2D eigenvalue weighted by atomic mass is 32.2. The van der Waals surface area contributed by atoms with Crippen LogP contribution in [-0.4, -0.2) is 53.8 Å². The molecular weight excluding hydrogens is 292 g/mol. The van der Waals surface area contributed by atoms with Crippen molar-refractivity contribution >= 4 is 16.2 Å². The van der Waals surface area contributed by atoms with Crippen molar-refractivity contribution in [3.05, 3.63) is 0 Å². The molecule has 0 bridgehead atoms. The number of hydrogen-bond acceptors (Lipinski definition) is 3. The van der Waals surface area contributed by atoms with Gasteiger partial charge in [-0.25, -0.2) is 0 Å². The Kier molecular flexibility index (Phi) is 5.27. The standard InChI is InChI=1S/C14H26N2O4S/c1-11-8-9-12(14(17)18)10-16(11)21(19,20)15(2)13-6-4-3-5-7-13/h11-13H,3-10H2,1-2H3,(H,17,18). The fourth-order valence-corrected chi connectivity index (χ4v) is 5.24. The van der Waals surface area contributed by atoms with Crippen LogP contribution in [0.15, 0.2) is 0 Å². The first-order valence-electron chi connectivity index (χ1n) is 7.81. The van der Waals surface area contributed by atoms with E-state index in [9.17, 15) is 13.2 Å². The summed E-state index contributed by atoms with van der Waals surface area (Å²) in [6.45, 7) is 1.96. The van der Waals surface area contributed by atoms with E-state index in [-0.39, 0.29) is 18.6 Å². The Labute approximate surface area is 127 Å². The molecule has 6 nitrogen and oxygen atoms in total. The molecule has 0 spiro atoms. The summed E-state index contributed by atoms with van der Waals surface area (Å²) in [5.74, 6) is -1.49. The third-order valence-electron chi connectivity index (χ3n) is 4.92. The number of carboxylic acid groups (broad SMARTS) is 1. The molecule has 2 fully saturated rings. The van der Waals surface area contributed by atoms with Crippen LogP contribution in [0, 0.1) is 5.92 Å². The number of nitrogens with zero attached hydrogens (tertiary/aromatic N) is 2. The van der Waals surface area contributed by atoms with E-state index in [1.807, 2.05) is 6.92 Å². The predicted octanol–water partition coefficient (Wildman–Crippen LogP) is 1.68. The topological polar surface area (TPSA) is 77.9 Å². The van der Waals surface area contributed by atoms with E-state index in [0.29, 0.717) is 12.8 Å². The zero-order valence-electron chi connectivity index (χ0n) is 12.9. The van der Waals surface area contributed by atoms with Gasteiger partial charge in [-0.3, -0.25) is 4.79 Å².